The number of nitrogens with one attached hydrogen (secondary N) is 1. The van der Waals surface area contributed by atoms with Crippen molar-refractivity contribution >= 4 is 0 Å². The van der Waals surface area contributed by atoms with Crippen molar-refractivity contribution in [2.45, 2.75) is 25.5 Å². The monoisotopic (exact) mass is 300 g/mol. The van der Waals surface area contributed by atoms with Gasteiger partial charge in [0.15, 0.2) is 0 Å². The van der Waals surface area contributed by atoms with Crippen LogP contribution in [0.4, 0.5) is 0 Å². The summed E-state index contributed by atoms with van der Waals surface area (Å²) in [4.78, 5) is 24.7. The van der Waals surface area contributed by atoms with Gasteiger partial charge < -0.3 is 9.72 Å². The van der Waals surface area contributed by atoms with Crippen LogP contribution in [0.2, 0.25) is 0 Å². The van der Waals surface area contributed by atoms with Crippen LogP contribution in [0.3, 0.4) is 0 Å². The zero-order chi connectivity index (χ0) is 15.2. The van der Waals surface area contributed by atoms with E-state index in [0.717, 1.165) is 50.5 Å². The van der Waals surface area contributed by atoms with Gasteiger partial charge in [-0.1, -0.05) is 6.07 Å². The Morgan fingerprint density at radius 2 is 2.27 bits per heavy atom. The fourth-order valence-electron chi connectivity index (χ4n) is 2.67. The van der Waals surface area contributed by atoms with E-state index < -0.39 is 0 Å². The SMILES string of the molecule is O=c1cc(CCC2CN(Cc3ccccn3)CCO2)nc[nH]1. The highest BCUT2D eigenvalue weighted by molar-refractivity contribution is 5.03. The average Bonchev–Trinajstić information content (AvgIpc) is 2.54. The van der Waals surface area contributed by atoms with Crippen molar-refractivity contribution in [3.8, 4) is 0 Å². The van der Waals surface area contributed by atoms with Crippen LogP contribution in [-0.4, -0.2) is 45.7 Å². The molecule has 22 heavy (non-hydrogen) atoms. The minimum absolute atomic E-state index is 0.105. The van der Waals surface area contributed by atoms with Gasteiger partial charge in [0.1, 0.15) is 0 Å². The maximum Gasteiger partial charge on any atom is 0.250 e. The largest absolute Gasteiger partial charge is 0.376 e. The van der Waals surface area contributed by atoms with E-state index in [-0.39, 0.29) is 11.7 Å². The first-order valence-electron chi connectivity index (χ1n) is 7.57. The first kappa shape index (κ1) is 14.9. The molecule has 0 aliphatic carbocycles. The molecule has 0 spiro atoms. The molecule has 0 radical (unpaired) electrons. The van der Waals surface area contributed by atoms with Crippen LogP contribution in [0.15, 0.2) is 41.6 Å². The second-order valence-electron chi connectivity index (χ2n) is 5.49. The van der Waals surface area contributed by atoms with Gasteiger partial charge in [-0.2, -0.15) is 0 Å². The van der Waals surface area contributed by atoms with Crippen molar-refractivity contribution in [3.63, 3.8) is 0 Å². The number of nitrogens with zero attached hydrogens (tertiary/aromatic N) is 3. The van der Waals surface area contributed by atoms with Crippen LogP contribution in [0.5, 0.6) is 0 Å². The molecule has 6 nitrogen and oxygen atoms in total. The number of hydrogen-bond donors (Lipinski definition) is 1. The van der Waals surface area contributed by atoms with E-state index >= 15 is 0 Å². The minimum Gasteiger partial charge on any atom is -0.376 e. The quantitative estimate of drug-likeness (QED) is 0.892. The molecule has 0 bridgehead atoms. The van der Waals surface area contributed by atoms with E-state index in [9.17, 15) is 4.79 Å². The number of rotatable bonds is 5. The van der Waals surface area contributed by atoms with Crippen LogP contribution >= 0.6 is 0 Å². The summed E-state index contributed by atoms with van der Waals surface area (Å²) < 4.78 is 5.82. The van der Waals surface area contributed by atoms with Crippen molar-refractivity contribution in [3.05, 3.63) is 58.5 Å². The molecule has 0 aromatic carbocycles. The second-order valence-corrected chi connectivity index (χ2v) is 5.49. The lowest BCUT2D eigenvalue weighted by atomic mass is 10.1. The Bertz CT molecular complexity index is 644. The zero-order valence-electron chi connectivity index (χ0n) is 12.4. The Morgan fingerprint density at radius 3 is 3.09 bits per heavy atom. The maximum atomic E-state index is 11.3. The third-order valence-electron chi connectivity index (χ3n) is 3.79. The topological polar surface area (TPSA) is 71.1 Å². The number of aromatic amines is 1. The fraction of sp³-hybridized carbons (Fsp3) is 0.438. The minimum atomic E-state index is -0.105. The number of pyridine rings is 1. The lowest BCUT2D eigenvalue weighted by Gasteiger charge is -2.32. The Hall–Kier alpha value is -2.05. The molecule has 2 aromatic rings. The number of ether oxygens (including phenoxy) is 1. The second kappa shape index (κ2) is 7.29. The summed E-state index contributed by atoms with van der Waals surface area (Å²) in [6.07, 6.45) is 5.08. The Morgan fingerprint density at radius 1 is 1.32 bits per heavy atom. The van der Waals surface area contributed by atoms with Gasteiger partial charge in [-0.3, -0.25) is 14.7 Å². The maximum absolute atomic E-state index is 11.3. The molecule has 3 heterocycles. The summed E-state index contributed by atoms with van der Waals surface area (Å²) in [5.41, 5.74) is 1.79. The Balaban J connectivity index is 1.51. The molecule has 0 saturated carbocycles. The van der Waals surface area contributed by atoms with E-state index in [2.05, 4.69) is 19.9 Å². The van der Waals surface area contributed by atoms with Crippen LogP contribution in [-0.2, 0) is 17.7 Å². The molecule has 1 unspecified atom stereocenters. The highest BCUT2D eigenvalue weighted by Crippen LogP contribution is 2.13. The van der Waals surface area contributed by atoms with Gasteiger partial charge >= 0.3 is 0 Å². The van der Waals surface area contributed by atoms with E-state index in [1.165, 1.54) is 6.33 Å². The molecule has 2 aromatic heterocycles. The summed E-state index contributed by atoms with van der Waals surface area (Å²) in [6.45, 7) is 3.40. The third-order valence-corrected chi connectivity index (χ3v) is 3.79. The van der Waals surface area contributed by atoms with E-state index in [0.29, 0.717) is 0 Å². The van der Waals surface area contributed by atoms with Gasteiger partial charge in [-0.15, -0.1) is 0 Å². The number of aromatic nitrogens is 3. The normalized spacial score (nSPS) is 19.2. The van der Waals surface area contributed by atoms with Gasteiger partial charge in [0, 0.05) is 37.6 Å². The van der Waals surface area contributed by atoms with Crippen LogP contribution in [0, 0.1) is 0 Å². The molecule has 1 fully saturated rings. The predicted molar refractivity (Wildman–Crippen MR) is 82.4 cm³/mol. The average molecular weight is 300 g/mol. The van der Waals surface area contributed by atoms with Crippen LogP contribution in [0.25, 0.3) is 0 Å². The molecule has 116 valence electrons. The summed E-state index contributed by atoms with van der Waals surface area (Å²) >= 11 is 0. The van der Waals surface area contributed by atoms with Crippen LogP contribution in [0.1, 0.15) is 17.8 Å². The van der Waals surface area contributed by atoms with E-state index in [4.69, 9.17) is 4.74 Å². The predicted octanol–water partition coefficient (Wildman–Crippen LogP) is 0.998. The highest BCUT2D eigenvalue weighted by Gasteiger charge is 2.20. The molecular weight excluding hydrogens is 280 g/mol. The molecule has 1 N–H and O–H groups in total. The molecule has 1 aliphatic heterocycles. The fourth-order valence-corrected chi connectivity index (χ4v) is 2.67. The van der Waals surface area contributed by atoms with Gasteiger partial charge in [0.05, 0.1) is 24.7 Å². The van der Waals surface area contributed by atoms with Gasteiger partial charge in [-0.05, 0) is 25.0 Å². The van der Waals surface area contributed by atoms with Crippen LogP contribution < -0.4 is 5.56 Å². The number of aryl methyl sites for hydroxylation is 1. The van der Waals surface area contributed by atoms with Crippen molar-refractivity contribution in [2.75, 3.05) is 19.7 Å². The third kappa shape index (κ3) is 4.22. The lowest BCUT2D eigenvalue weighted by molar-refractivity contribution is -0.0350. The summed E-state index contributed by atoms with van der Waals surface area (Å²) in [6, 6.07) is 7.54. The standard InChI is InChI=1S/C16H20N4O2/c21-16-9-13(18-12-19-16)4-5-15-11-20(7-8-22-15)10-14-3-1-2-6-17-14/h1-3,6,9,12,15H,4-5,7-8,10-11H2,(H,18,19,21). The van der Waals surface area contributed by atoms with E-state index in [1.807, 2.05) is 24.4 Å². The number of H-pyrrole nitrogens is 1. The Kier molecular flexibility index (Phi) is 4.92. The smallest absolute Gasteiger partial charge is 0.250 e. The molecular formula is C16H20N4O2. The first-order valence-corrected chi connectivity index (χ1v) is 7.57. The molecule has 1 saturated heterocycles. The van der Waals surface area contributed by atoms with Crippen molar-refractivity contribution in [1.82, 2.24) is 19.9 Å². The Labute approximate surface area is 129 Å². The lowest BCUT2D eigenvalue weighted by Crippen LogP contribution is -2.42. The molecule has 1 atom stereocenters. The summed E-state index contributed by atoms with van der Waals surface area (Å²) in [7, 11) is 0. The highest BCUT2D eigenvalue weighted by atomic mass is 16.5. The summed E-state index contributed by atoms with van der Waals surface area (Å²) in [5, 5.41) is 0. The van der Waals surface area contributed by atoms with Crippen molar-refractivity contribution < 1.29 is 4.74 Å². The van der Waals surface area contributed by atoms with Gasteiger partial charge in [-0.25, -0.2) is 4.98 Å². The first-order chi connectivity index (χ1) is 10.8. The number of morpholine rings is 1. The van der Waals surface area contributed by atoms with Gasteiger partial charge in [0.25, 0.3) is 5.56 Å². The number of hydrogen-bond acceptors (Lipinski definition) is 5. The molecule has 3 rings (SSSR count). The summed E-state index contributed by atoms with van der Waals surface area (Å²) in [5.74, 6) is 0. The molecule has 0 amide bonds. The zero-order valence-corrected chi connectivity index (χ0v) is 12.4. The van der Waals surface area contributed by atoms with Crippen molar-refractivity contribution in [1.29, 1.82) is 0 Å². The molecule has 6 heteroatoms. The molecule has 1 aliphatic rings. The van der Waals surface area contributed by atoms with Gasteiger partial charge in [0.2, 0.25) is 0 Å². The van der Waals surface area contributed by atoms with E-state index in [1.54, 1.807) is 6.07 Å². The van der Waals surface area contributed by atoms with Crippen molar-refractivity contribution in [2.24, 2.45) is 0 Å².